The minimum absolute atomic E-state index is 0.0969. The van der Waals surface area contributed by atoms with E-state index in [0.717, 1.165) is 6.42 Å². The zero-order chi connectivity index (χ0) is 10.1. The Hall–Kier alpha value is -0.600. The lowest BCUT2D eigenvalue weighted by Gasteiger charge is -2.04. The summed E-state index contributed by atoms with van der Waals surface area (Å²) in [6.45, 7) is 7.33. The molecular formula is C11H20O2. The summed E-state index contributed by atoms with van der Waals surface area (Å²) in [5.41, 5.74) is 2.58. The zero-order valence-electron chi connectivity index (χ0n) is 8.84. The van der Waals surface area contributed by atoms with E-state index in [0.29, 0.717) is 13.2 Å². The van der Waals surface area contributed by atoms with E-state index in [-0.39, 0.29) is 6.61 Å². The predicted molar refractivity (Wildman–Crippen MR) is 55.7 cm³/mol. The van der Waals surface area contributed by atoms with Crippen molar-refractivity contribution in [2.45, 2.75) is 27.2 Å². The van der Waals surface area contributed by atoms with Crippen molar-refractivity contribution < 1.29 is 9.84 Å². The van der Waals surface area contributed by atoms with Crippen LogP contribution in [0.3, 0.4) is 0 Å². The highest BCUT2D eigenvalue weighted by Crippen LogP contribution is 2.05. The van der Waals surface area contributed by atoms with Crippen LogP contribution in [0.1, 0.15) is 27.2 Å². The molecule has 0 atom stereocenters. The standard InChI is InChI=1S/C11H20O2/c1-4-11(6-5-10(2)3)9-13-8-7-12/h4-5,12H,6-9H2,1-3H3. The molecule has 1 N–H and O–H groups in total. The maximum Gasteiger partial charge on any atom is 0.0702 e. The maximum absolute atomic E-state index is 8.51. The van der Waals surface area contributed by atoms with Gasteiger partial charge in [-0.05, 0) is 32.8 Å². The monoisotopic (exact) mass is 184 g/mol. The third-order valence-corrected chi connectivity index (χ3v) is 1.70. The smallest absolute Gasteiger partial charge is 0.0702 e. The molecule has 0 aliphatic heterocycles. The van der Waals surface area contributed by atoms with Gasteiger partial charge in [0.1, 0.15) is 0 Å². The van der Waals surface area contributed by atoms with Gasteiger partial charge in [0.2, 0.25) is 0 Å². The molecule has 0 aromatic heterocycles. The van der Waals surface area contributed by atoms with Crippen molar-refractivity contribution in [3.8, 4) is 0 Å². The van der Waals surface area contributed by atoms with Crippen LogP contribution in [0.25, 0.3) is 0 Å². The Morgan fingerprint density at radius 2 is 2.08 bits per heavy atom. The summed E-state index contributed by atoms with van der Waals surface area (Å²) in [4.78, 5) is 0. The molecule has 2 nitrogen and oxygen atoms in total. The van der Waals surface area contributed by atoms with Gasteiger partial charge in [0.05, 0.1) is 19.8 Å². The number of hydrogen-bond donors (Lipinski definition) is 1. The average Bonchev–Trinajstić information content (AvgIpc) is 2.10. The molecule has 13 heavy (non-hydrogen) atoms. The quantitative estimate of drug-likeness (QED) is 0.507. The van der Waals surface area contributed by atoms with Crippen LogP contribution in [0.5, 0.6) is 0 Å². The molecule has 2 heteroatoms. The number of aliphatic hydroxyl groups is 1. The summed E-state index contributed by atoms with van der Waals surface area (Å²) in [5, 5.41) is 8.51. The highest BCUT2D eigenvalue weighted by Gasteiger charge is 1.94. The van der Waals surface area contributed by atoms with Gasteiger partial charge in [0.15, 0.2) is 0 Å². The van der Waals surface area contributed by atoms with Crippen LogP contribution in [0.2, 0.25) is 0 Å². The molecule has 0 aliphatic carbocycles. The van der Waals surface area contributed by atoms with E-state index < -0.39 is 0 Å². The van der Waals surface area contributed by atoms with E-state index >= 15 is 0 Å². The fourth-order valence-corrected chi connectivity index (χ4v) is 0.863. The van der Waals surface area contributed by atoms with E-state index in [2.05, 4.69) is 26.0 Å². The van der Waals surface area contributed by atoms with Gasteiger partial charge in [-0.25, -0.2) is 0 Å². The summed E-state index contributed by atoms with van der Waals surface area (Å²) >= 11 is 0. The number of ether oxygens (including phenoxy) is 1. The van der Waals surface area contributed by atoms with E-state index in [1.165, 1.54) is 11.1 Å². The van der Waals surface area contributed by atoms with Crippen molar-refractivity contribution >= 4 is 0 Å². The number of hydrogen-bond acceptors (Lipinski definition) is 2. The first kappa shape index (κ1) is 12.4. The second-order valence-electron chi connectivity index (χ2n) is 3.21. The van der Waals surface area contributed by atoms with Crippen LogP contribution in [0, 0.1) is 0 Å². The maximum atomic E-state index is 8.51. The third-order valence-electron chi connectivity index (χ3n) is 1.70. The lowest BCUT2D eigenvalue weighted by Crippen LogP contribution is -2.02. The summed E-state index contributed by atoms with van der Waals surface area (Å²) in [7, 11) is 0. The van der Waals surface area contributed by atoms with Gasteiger partial charge in [-0.1, -0.05) is 17.7 Å². The van der Waals surface area contributed by atoms with Gasteiger partial charge in [0, 0.05) is 0 Å². The number of aliphatic hydroxyl groups excluding tert-OH is 1. The van der Waals surface area contributed by atoms with Crippen molar-refractivity contribution in [3.05, 3.63) is 23.3 Å². The van der Waals surface area contributed by atoms with Gasteiger partial charge in [-0.3, -0.25) is 0 Å². The Bertz CT molecular complexity index is 177. The summed E-state index contributed by atoms with van der Waals surface area (Å²) in [5.74, 6) is 0. The second kappa shape index (κ2) is 8.02. The molecule has 0 aromatic rings. The van der Waals surface area contributed by atoms with Crippen molar-refractivity contribution in [3.63, 3.8) is 0 Å². The Morgan fingerprint density at radius 3 is 2.54 bits per heavy atom. The molecule has 0 unspecified atom stereocenters. The largest absolute Gasteiger partial charge is 0.394 e. The molecule has 0 saturated heterocycles. The van der Waals surface area contributed by atoms with Crippen LogP contribution in [0.4, 0.5) is 0 Å². The minimum Gasteiger partial charge on any atom is -0.394 e. The lowest BCUT2D eigenvalue weighted by atomic mass is 10.1. The van der Waals surface area contributed by atoms with Crippen LogP contribution < -0.4 is 0 Å². The first-order valence-corrected chi connectivity index (χ1v) is 4.66. The topological polar surface area (TPSA) is 29.5 Å². The molecule has 0 saturated carbocycles. The van der Waals surface area contributed by atoms with Gasteiger partial charge in [-0.2, -0.15) is 0 Å². The lowest BCUT2D eigenvalue weighted by molar-refractivity contribution is 0.107. The normalized spacial score (nSPS) is 11.5. The summed E-state index contributed by atoms with van der Waals surface area (Å²) in [6, 6.07) is 0. The first-order chi connectivity index (χ1) is 6.20. The van der Waals surface area contributed by atoms with E-state index in [1.54, 1.807) is 0 Å². The van der Waals surface area contributed by atoms with Crippen LogP contribution >= 0.6 is 0 Å². The summed E-state index contributed by atoms with van der Waals surface area (Å²) in [6.07, 6.45) is 5.19. The summed E-state index contributed by atoms with van der Waals surface area (Å²) < 4.78 is 5.22. The van der Waals surface area contributed by atoms with E-state index in [4.69, 9.17) is 9.84 Å². The van der Waals surface area contributed by atoms with Crippen LogP contribution in [-0.4, -0.2) is 24.9 Å². The van der Waals surface area contributed by atoms with Crippen molar-refractivity contribution in [1.82, 2.24) is 0 Å². The Kier molecular flexibility index (Phi) is 7.65. The highest BCUT2D eigenvalue weighted by molar-refractivity contribution is 5.09. The molecule has 0 rings (SSSR count). The molecule has 0 bridgehead atoms. The minimum atomic E-state index is 0.0969. The fraction of sp³-hybridized carbons (Fsp3) is 0.636. The van der Waals surface area contributed by atoms with Crippen molar-refractivity contribution in [2.75, 3.05) is 19.8 Å². The van der Waals surface area contributed by atoms with Crippen LogP contribution in [-0.2, 0) is 4.74 Å². The first-order valence-electron chi connectivity index (χ1n) is 4.66. The molecule has 0 aliphatic rings. The Morgan fingerprint density at radius 1 is 1.38 bits per heavy atom. The number of rotatable bonds is 6. The van der Waals surface area contributed by atoms with Crippen LogP contribution in [0.15, 0.2) is 23.3 Å². The molecule has 0 fully saturated rings. The molecule has 76 valence electrons. The second-order valence-corrected chi connectivity index (χ2v) is 3.21. The van der Waals surface area contributed by atoms with Crippen molar-refractivity contribution in [2.24, 2.45) is 0 Å². The molecule has 0 heterocycles. The van der Waals surface area contributed by atoms with Gasteiger partial charge < -0.3 is 9.84 Å². The molecular weight excluding hydrogens is 164 g/mol. The Balaban J connectivity index is 3.72. The highest BCUT2D eigenvalue weighted by atomic mass is 16.5. The van der Waals surface area contributed by atoms with Crippen molar-refractivity contribution in [1.29, 1.82) is 0 Å². The van der Waals surface area contributed by atoms with E-state index in [9.17, 15) is 0 Å². The zero-order valence-corrected chi connectivity index (χ0v) is 8.84. The third kappa shape index (κ3) is 7.75. The van der Waals surface area contributed by atoms with E-state index in [1.807, 2.05) is 6.92 Å². The number of allylic oxidation sites excluding steroid dienone is 3. The predicted octanol–water partition coefficient (Wildman–Crippen LogP) is 2.30. The molecule has 0 amide bonds. The van der Waals surface area contributed by atoms with Gasteiger partial charge in [-0.15, -0.1) is 0 Å². The average molecular weight is 184 g/mol. The Labute approximate surface area is 80.9 Å². The molecule has 0 spiro atoms. The van der Waals surface area contributed by atoms with Gasteiger partial charge in [0.25, 0.3) is 0 Å². The fourth-order valence-electron chi connectivity index (χ4n) is 0.863. The molecule has 0 radical (unpaired) electrons. The van der Waals surface area contributed by atoms with Gasteiger partial charge >= 0.3 is 0 Å². The SMILES string of the molecule is CC=C(CC=C(C)C)COCCO. The molecule has 0 aromatic carbocycles.